The fourth-order valence-corrected chi connectivity index (χ4v) is 2.12. The summed E-state index contributed by atoms with van der Waals surface area (Å²) in [6.45, 7) is 0. The van der Waals surface area contributed by atoms with Gasteiger partial charge in [0.05, 0.1) is 10.9 Å². The third-order valence-corrected chi connectivity index (χ3v) is 3.07. The van der Waals surface area contributed by atoms with Crippen molar-refractivity contribution in [1.82, 2.24) is 4.57 Å². The number of carbonyl (C=O) groups is 1. The molecule has 100 valence electrons. The van der Waals surface area contributed by atoms with Gasteiger partial charge in [-0.3, -0.25) is 4.79 Å². The molecule has 0 saturated heterocycles. The van der Waals surface area contributed by atoms with Crippen LogP contribution in [0.3, 0.4) is 0 Å². The minimum absolute atomic E-state index is 0.354. The molecule has 2 aromatic rings. The van der Waals surface area contributed by atoms with Crippen LogP contribution in [-0.4, -0.2) is 34.8 Å². The number of hydrogen-bond acceptors (Lipinski definition) is 4. The zero-order chi connectivity index (χ0) is 14.3. The molecule has 1 heterocycles. The van der Waals surface area contributed by atoms with E-state index in [0.29, 0.717) is 16.6 Å². The summed E-state index contributed by atoms with van der Waals surface area (Å²) >= 11 is 0. The standard InChI is InChI=1S/C13H14N2O4/c1-14(2)7-5-4-6-8-9(7)11(16)10(13(18)19)12(17)15(8)3/h4-6,16H,1-3H3,(H,18,19). The largest absolute Gasteiger partial charge is 0.506 e. The van der Waals surface area contributed by atoms with Crippen molar-refractivity contribution in [2.45, 2.75) is 0 Å². The summed E-state index contributed by atoms with van der Waals surface area (Å²) in [6, 6.07) is 5.16. The average molecular weight is 262 g/mol. The molecule has 19 heavy (non-hydrogen) atoms. The topological polar surface area (TPSA) is 82.8 Å². The number of rotatable bonds is 2. The number of aryl methyl sites for hydroxylation is 1. The highest BCUT2D eigenvalue weighted by Crippen LogP contribution is 2.33. The highest BCUT2D eigenvalue weighted by molar-refractivity contribution is 6.04. The molecular weight excluding hydrogens is 248 g/mol. The first kappa shape index (κ1) is 12.9. The number of nitrogens with zero attached hydrogens (tertiary/aromatic N) is 2. The summed E-state index contributed by atoms with van der Waals surface area (Å²) < 4.78 is 1.23. The number of pyridine rings is 1. The smallest absolute Gasteiger partial charge is 0.345 e. The summed E-state index contributed by atoms with van der Waals surface area (Å²) in [5.74, 6) is -1.93. The van der Waals surface area contributed by atoms with E-state index in [1.807, 2.05) is 0 Å². The van der Waals surface area contributed by atoms with Crippen molar-refractivity contribution in [3.8, 4) is 5.75 Å². The summed E-state index contributed by atoms with van der Waals surface area (Å²) in [5, 5.41) is 19.6. The van der Waals surface area contributed by atoms with E-state index < -0.39 is 22.8 Å². The third-order valence-electron chi connectivity index (χ3n) is 3.07. The van der Waals surface area contributed by atoms with Crippen LogP contribution in [0.15, 0.2) is 23.0 Å². The van der Waals surface area contributed by atoms with Crippen molar-refractivity contribution in [3.63, 3.8) is 0 Å². The maximum Gasteiger partial charge on any atom is 0.345 e. The molecule has 0 unspecified atom stereocenters. The predicted octanol–water partition coefficient (Wildman–Crippen LogP) is 1.01. The van der Waals surface area contributed by atoms with Gasteiger partial charge in [-0.25, -0.2) is 4.79 Å². The lowest BCUT2D eigenvalue weighted by Gasteiger charge is -2.18. The molecule has 0 aliphatic heterocycles. The number of aromatic hydroxyl groups is 1. The third kappa shape index (κ3) is 1.81. The minimum atomic E-state index is -1.44. The van der Waals surface area contributed by atoms with Gasteiger partial charge >= 0.3 is 5.97 Å². The molecule has 0 spiro atoms. The Morgan fingerprint density at radius 3 is 2.47 bits per heavy atom. The Morgan fingerprint density at radius 2 is 1.95 bits per heavy atom. The molecule has 2 N–H and O–H groups in total. The van der Waals surface area contributed by atoms with Crippen molar-refractivity contribution in [2.24, 2.45) is 7.05 Å². The maximum absolute atomic E-state index is 11.9. The van der Waals surface area contributed by atoms with Gasteiger partial charge in [0, 0.05) is 26.8 Å². The van der Waals surface area contributed by atoms with Gasteiger partial charge in [0.15, 0.2) is 5.56 Å². The van der Waals surface area contributed by atoms with Crippen molar-refractivity contribution in [3.05, 3.63) is 34.1 Å². The lowest BCUT2D eigenvalue weighted by atomic mass is 10.1. The monoisotopic (exact) mass is 262 g/mol. The predicted molar refractivity (Wildman–Crippen MR) is 72.1 cm³/mol. The summed E-state index contributed by atoms with van der Waals surface area (Å²) in [5.41, 5.74) is -0.204. The number of fused-ring (bicyclic) bond motifs is 1. The van der Waals surface area contributed by atoms with Crippen LogP contribution in [0.25, 0.3) is 10.9 Å². The first-order valence-corrected chi connectivity index (χ1v) is 5.61. The van der Waals surface area contributed by atoms with Gasteiger partial charge in [-0.2, -0.15) is 0 Å². The van der Waals surface area contributed by atoms with E-state index in [9.17, 15) is 14.7 Å². The Labute approximate surface area is 109 Å². The van der Waals surface area contributed by atoms with E-state index in [2.05, 4.69) is 0 Å². The second kappa shape index (κ2) is 4.31. The molecule has 0 amide bonds. The number of carboxylic acid groups (broad SMARTS) is 1. The van der Waals surface area contributed by atoms with E-state index >= 15 is 0 Å². The number of hydrogen-bond donors (Lipinski definition) is 2. The molecule has 0 aliphatic carbocycles. The zero-order valence-corrected chi connectivity index (χ0v) is 10.8. The van der Waals surface area contributed by atoms with Gasteiger partial charge < -0.3 is 19.7 Å². The second-order valence-corrected chi connectivity index (χ2v) is 4.46. The van der Waals surface area contributed by atoms with Crippen LogP contribution >= 0.6 is 0 Å². The van der Waals surface area contributed by atoms with Crippen molar-refractivity contribution < 1.29 is 15.0 Å². The van der Waals surface area contributed by atoms with Crippen molar-refractivity contribution in [1.29, 1.82) is 0 Å². The van der Waals surface area contributed by atoms with E-state index in [4.69, 9.17) is 5.11 Å². The van der Waals surface area contributed by atoms with Gasteiger partial charge in [0.1, 0.15) is 5.75 Å². The Bertz CT molecular complexity index is 731. The lowest BCUT2D eigenvalue weighted by molar-refractivity contribution is 0.0691. The number of benzene rings is 1. The fraction of sp³-hybridized carbons (Fsp3) is 0.231. The molecule has 0 atom stereocenters. The number of aromatic nitrogens is 1. The molecule has 0 fully saturated rings. The molecule has 1 aromatic heterocycles. The molecular formula is C13H14N2O4. The molecule has 6 nitrogen and oxygen atoms in total. The van der Waals surface area contributed by atoms with Gasteiger partial charge in [-0.15, -0.1) is 0 Å². The van der Waals surface area contributed by atoms with Crippen LogP contribution in [0.5, 0.6) is 5.75 Å². The van der Waals surface area contributed by atoms with Crippen molar-refractivity contribution >= 4 is 22.6 Å². The van der Waals surface area contributed by atoms with E-state index in [-0.39, 0.29) is 0 Å². The first-order chi connectivity index (χ1) is 8.86. The minimum Gasteiger partial charge on any atom is -0.506 e. The Morgan fingerprint density at radius 1 is 1.32 bits per heavy atom. The van der Waals surface area contributed by atoms with Crippen LogP contribution in [0.2, 0.25) is 0 Å². The summed E-state index contributed by atoms with van der Waals surface area (Å²) in [7, 11) is 5.04. The van der Waals surface area contributed by atoms with Gasteiger partial charge in [0.25, 0.3) is 5.56 Å². The van der Waals surface area contributed by atoms with E-state index in [1.54, 1.807) is 37.2 Å². The van der Waals surface area contributed by atoms with Crippen LogP contribution in [-0.2, 0) is 7.05 Å². The quantitative estimate of drug-likeness (QED) is 0.844. The fourth-order valence-electron chi connectivity index (χ4n) is 2.12. The maximum atomic E-state index is 11.9. The molecule has 0 saturated carbocycles. The van der Waals surface area contributed by atoms with Crippen LogP contribution < -0.4 is 10.5 Å². The summed E-state index contributed by atoms with van der Waals surface area (Å²) in [4.78, 5) is 24.8. The zero-order valence-electron chi connectivity index (χ0n) is 10.8. The SMILES string of the molecule is CN(C)c1cccc2c1c(O)c(C(=O)O)c(=O)n2C. The lowest BCUT2D eigenvalue weighted by Crippen LogP contribution is -2.25. The molecule has 0 radical (unpaired) electrons. The van der Waals surface area contributed by atoms with Crippen LogP contribution in [0.4, 0.5) is 5.69 Å². The normalized spacial score (nSPS) is 10.7. The molecule has 1 aromatic carbocycles. The molecule has 6 heteroatoms. The first-order valence-electron chi connectivity index (χ1n) is 5.61. The number of anilines is 1. The van der Waals surface area contributed by atoms with Gasteiger partial charge in [-0.05, 0) is 12.1 Å². The Kier molecular flexibility index (Phi) is 2.94. The van der Waals surface area contributed by atoms with Gasteiger partial charge in [-0.1, -0.05) is 6.07 Å². The highest BCUT2D eigenvalue weighted by atomic mass is 16.4. The second-order valence-electron chi connectivity index (χ2n) is 4.46. The van der Waals surface area contributed by atoms with E-state index in [0.717, 1.165) is 0 Å². The molecule has 2 rings (SSSR count). The molecule has 0 bridgehead atoms. The molecule has 0 aliphatic rings. The van der Waals surface area contributed by atoms with Gasteiger partial charge in [0.2, 0.25) is 0 Å². The summed E-state index contributed by atoms with van der Waals surface area (Å²) in [6.07, 6.45) is 0. The number of aromatic carboxylic acids is 1. The number of carboxylic acids is 1. The Hall–Kier alpha value is -2.50. The Balaban J connectivity index is 3.09. The van der Waals surface area contributed by atoms with Crippen LogP contribution in [0, 0.1) is 0 Å². The van der Waals surface area contributed by atoms with Crippen LogP contribution in [0.1, 0.15) is 10.4 Å². The van der Waals surface area contributed by atoms with E-state index in [1.165, 1.54) is 11.6 Å². The highest BCUT2D eigenvalue weighted by Gasteiger charge is 2.22. The average Bonchev–Trinajstić information content (AvgIpc) is 2.34. The van der Waals surface area contributed by atoms with Crippen molar-refractivity contribution in [2.75, 3.05) is 19.0 Å².